The molecular weight excluding hydrogens is 491 g/mol. The highest BCUT2D eigenvalue weighted by Gasteiger charge is 2.36. The zero-order chi connectivity index (χ0) is 26.4. The van der Waals surface area contributed by atoms with E-state index in [-0.39, 0.29) is 36.1 Å². The monoisotopic (exact) mass is 518 g/mol. The van der Waals surface area contributed by atoms with Crippen molar-refractivity contribution >= 4 is 29.2 Å². The van der Waals surface area contributed by atoms with E-state index in [1.807, 2.05) is 12.1 Å². The van der Waals surface area contributed by atoms with Crippen LogP contribution in [0.1, 0.15) is 58.3 Å². The number of aromatic nitrogens is 2. The molecule has 0 radical (unpaired) electrons. The molecule has 0 spiro atoms. The van der Waals surface area contributed by atoms with E-state index in [0.717, 1.165) is 30.6 Å². The van der Waals surface area contributed by atoms with Crippen LogP contribution in [-0.4, -0.2) is 53.9 Å². The van der Waals surface area contributed by atoms with E-state index in [0.29, 0.717) is 42.9 Å². The lowest BCUT2D eigenvalue weighted by molar-refractivity contribution is -0.119. The largest absolute Gasteiger partial charge is 0.493 e. The molecule has 0 bridgehead atoms. The summed E-state index contributed by atoms with van der Waals surface area (Å²) in [4.78, 5) is 41.9. The van der Waals surface area contributed by atoms with Crippen molar-refractivity contribution in [3.8, 4) is 11.4 Å². The predicted molar refractivity (Wildman–Crippen MR) is 137 cm³/mol. The third-order valence-corrected chi connectivity index (χ3v) is 7.26. The lowest BCUT2D eigenvalue weighted by Gasteiger charge is -2.30. The summed E-state index contributed by atoms with van der Waals surface area (Å²) in [5.41, 5.74) is 3.08. The van der Waals surface area contributed by atoms with Crippen molar-refractivity contribution in [3.63, 3.8) is 0 Å². The molecule has 1 aromatic heterocycles. The Kier molecular flexibility index (Phi) is 6.09. The Bertz CT molecular complexity index is 1470. The van der Waals surface area contributed by atoms with Gasteiger partial charge in [0, 0.05) is 37.2 Å². The average molecular weight is 519 g/mol. The van der Waals surface area contributed by atoms with E-state index in [1.165, 1.54) is 20.5 Å². The number of rotatable bonds is 5. The van der Waals surface area contributed by atoms with Crippen LogP contribution in [0.15, 0.2) is 36.4 Å². The van der Waals surface area contributed by atoms with Crippen LogP contribution in [0.2, 0.25) is 0 Å². The molecule has 38 heavy (non-hydrogen) atoms. The van der Waals surface area contributed by atoms with Gasteiger partial charge >= 0.3 is 5.97 Å². The van der Waals surface area contributed by atoms with E-state index >= 15 is 4.39 Å². The van der Waals surface area contributed by atoms with Gasteiger partial charge < -0.3 is 19.3 Å². The van der Waals surface area contributed by atoms with Crippen LogP contribution < -0.4 is 14.5 Å². The minimum absolute atomic E-state index is 0.100. The molecular formula is C28H27FN4O5. The summed E-state index contributed by atoms with van der Waals surface area (Å²) in [7, 11) is 0. The van der Waals surface area contributed by atoms with Crippen molar-refractivity contribution in [2.24, 2.45) is 0 Å². The van der Waals surface area contributed by atoms with E-state index in [1.54, 1.807) is 25.1 Å². The van der Waals surface area contributed by atoms with Crippen LogP contribution >= 0.6 is 0 Å². The maximum atomic E-state index is 15.2. The van der Waals surface area contributed by atoms with Crippen molar-refractivity contribution < 1.29 is 28.2 Å². The molecule has 196 valence electrons. The Labute approximate surface area is 218 Å². The van der Waals surface area contributed by atoms with Gasteiger partial charge in [-0.2, -0.15) is 5.10 Å². The molecule has 10 heteroatoms. The number of carbonyl (C=O) groups is 3. The second kappa shape index (κ2) is 9.59. The van der Waals surface area contributed by atoms with Crippen LogP contribution in [0, 0.1) is 5.82 Å². The Morgan fingerprint density at radius 2 is 1.87 bits per heavy atom. The van der Waals surface area contributed by atoms with E-state index < -0.39 is 17.7 Å². The zero-order valence-electron chi connectivity index (χ0n) is 21.0. The quantitative estimate of drug-likeness (QED) is 0.477. The number of carbonyl (C=O) groups excluding carboxylic acids is 3. The van der Waals surface area contributed by atoms with Crippen LogP contribution in [-0.2, 0) is 22.4 Å². The fourth-order valence-electron chi connectivity index (χ4n) is 5.40. The number of hydrogen-bond acceptors (Lipinski definition) is 6. The summed E-state index contributed by atoms with van der Waals surface area (Å²) in [6, 6.07) is 10.0. The summed E-state index contributed by atoms with van der Waals surface area (Å²) < 4.78 is 27.5. The molecule has 1 fully saturated rings. The summed E-state index contributed by atoms with van der Waals surface area (Å²) in [6.07, 6.45) is 3.11. The predicted octanol–water partition coefficient (Wildman–Crippen LogP) is 3.84. The van der Waals surface area contributed by atoms with Crippen LogP contribution in [0.4, 0.5) is 15.8 Å². The number of anilines is 2. The highest BCUT2D eigenvalue weighted by atomic mass is 19.1. The van der Waals surface area contributed by atoms with Gasteiger partial charge in [-0.3, -0.25) is 9.59 Å². The number of piperidine rings is 1. The first-order chi connectivity index (χ1) is 18.5. The van der Waals surface area contributed by atoms with Gasteiger partial charge in [-0.15, -0.1) is 0 Å². The molecule has 0 N–H and O–H groups in total. The van der Waals surface area contributed by atoms with Crippen molar-refractivity contribution in [1.29, 1.82) is 0 Å². The lowest BCUT2D eigenvalue weighted by Crippen LogP contribution is -2.39. The molecule has 1 saturated heterocycles. The molecule has 9 nitrogen and oxygen atoms in total. The summed E-state index contributed by atoms with van der Waals surface area (Å²) >= 11 is 0. The Morgan fingerprint density at radius 3 is 2.66 bits per heavy atom. The number of amides is 2. The van der Waals surface area contributed by atoms with Crippen molar-refractivity contribution in [3.05, 3.63) is 64.7 Å². The van der Waals surface area contributed by atoms with Gasteiger partial charge in [-0.25, -0.2) is 13.9 Å². The first kappa shape index (κ1) is 24.1. The molecule has 2 aromatic carbocycles. The standard InChI is InChI=1S/C28H27FN4O5/c1-2-37-28(36)25-20-10-13-31(18-6-8-22(21(29)16-18)32-12-4-3-5-24(32)34)27(35)26(20)33(30-25)19-7-9-23-17(15-19)11-14-38-23/h6-9,15-16H,2-5,10-14H2,1H3. The average Bonchev–Trinajstić information content (AvgIpc) is 3.54. The Balaban J connectivity index is 1.39. The number of halogens is 1. The van der Waals surface area contributed by atoms with Gasteiger partial charge in [0.25, 0.3) is 5.91 Å². The lowest BCUT2D eigenvalue weighted by atomic mass is 10.0. The summed E-state index contributed by atoms with van der Waals surface area (Å²) in [6.45, 7) is 3.19. The molecule has 3 aliphatic heterocycles. The number of nitrogens with zero attached hydrogens (tertiary/aromatic N) is 4. The second-order valence-corrected chi connectivity index (χ2v) is 9.54. The van der Waals surface area contributed by atoms with Crippen molar-refractivity contribution in [2.75, 3.05) is 36.1 Å². The van der Waals surface area contributed by atoms with Crippen LogP contribution in [0.5, 0.6) is 5.75 Å². The van der Waals surface area contributed by atoms with Gasteiger partial charge in [0.1, 0.15) is 17.3 Å². The zero-order valence-corrected chi connectivity index (χ0v) is 21.0. The topological polar surface area (TPSA) is 94.0 Å². The highest BCUT2D eigenvalue weighted by Crippen LogP contribution is 2.34. The van der Waals surface area contributed by atoms with Gasteiger partial charge in [0.05, 0.1) is 24.6 Å². The molecule has 0 atom stereocenters. The third kappa shape index (κ3) is 4.00. The normalized spacial score (nSPS) is 16.8. The minimum atomic E-state index is -0.588. The van der Waals surface area contributed by atoms with Crippen molar-refractivity contribution in [1.82, 2.24) is 9.78 Å². The van der Waals surface area contributed by atoms with E-state index in [9.17, 15) is 14.4 Å². The smallest absolute Gasteiger partial charge is 0.359 e. The fourth-order valence-corrected chi connectivity index (χ4v) is 5.40. The van der Waals surface area contributed by atoms with E-state index in [2.05, 4.69) is 5.10 Å². The molecule has 0 unspecified atom stereocenters. The van der Waals surface area contributed by atoms with Crippen LogP contribution in [0.25, 0.3) is 5.69 Å². The molecule has 3 aromatic rings. The van der Waals surface area contributed by atoms with E-state index in [4.69, 9.17) is 9.47 Å². The first-order valence-corrected chi connectivity index (χ1v) is 12.9. The van der Waals surface area contributed by atoms with Crippen molar-refractivity contribution in [2.45, 2.75) is 39.0 Å². The molecule has 2 amide bonds. The van der Waals surface area contributed by atoms with Gasteiger partial charge in [-0.1, -0.05) is 0 Å². The molecule has 4 heterocycles. The van der Waals surface area contributed by atoms with Gasteiger partial charge in [0.15, 0.2) is 5.69 Å². The Morgan fingerprint density at radius 1 is 1.03 bits per heavy atom. The fraction of sp³-hybridized carbons (Fsp3) is 0.357. The Hall–Kier alpha value is -4.21. The number of benzene rings is 2. The highest BCUT2D eigenvalue weighted by molar-refractivity contribution is 6.09. The number of hydrogen-bond donors (Lipinski definition) is 0. The maximum Gasteiger partial charge on any atom is 0.359 e. The second-order valence-electron chi connectivity index (χ2n) is 9.54. The molecule has 3 aliphatic rings. The molecule has 6 rings (SSSR count). The molecule has 0 saturated carbocycles. The van der Waals surface area contributed by atoms with Gasteiger partial charge in [-0.05, 0) is 68.1 Å². The first-order valence-electron chi connectivity index (χ1n) is 12.9. The number of esters is 1. The SMILES string of the molecule is CCOC(=O)c1nn(-c2ccc3c(c2)CCO3)c2c1CCN(c1ccc(N3CCCCC3=O)c(F)c1)C2=O. The summed E-state index contributed by atoms with van der Waals surface area (Å²) in [5, 5.41) is 4.52. The van der Waals surface area contributed by atoms with Crippen LogP contribution in [0.3, 0.4) is 0 Å². The minimum Gasteiger partial charge on any atom is -0.493 e. The summed E-state index contributed by atoms with van der Waals surface area (Å²) in [5.74, 6) is -0.856. The third-order valence-electron chi connectivity index (χ3n) is 7.26. The number of fused-ring (bicyclic) bond motifs is 2. The van der Waals surface area contributed by atoms with Gasteiger partial charge in [0.2, 0.25) is 5.91 Å². The number of ether oxygens (including phenoxy) is 2. The maximum absolute atomic E-state index is 15.2. The molecule has 0 aliphatic carbocycles.